The van der Waals surface area contributed by atoms with Crippen molar-refractivity contribution in [2.45, 2.75) is 32.3 Å². The normalized spacial score (nSPS) is 11.9. The van der Waals surface area contributed by atoms with Gasteiger partial charge in [-0.3, -0.25) is 9.48 Å². The van der Waals surface area contributed by atoms with Gasteiger partial charge in [0.1, 0.15) is 10.7 Å². The molecule has 0 unspecified atom stereocenters. The third-order valence-corrected chi connectivity index (χ3v) is 3.98. The van der Waals surface area contributed by atoms with E-state index >= 15 is 0 Å². The zero-order valence-corrected chi connectivity index (χ0v) is 13.7. The Labute approximate surface area is 138 Å². The Morgan fingerprint density at radius 2 is 2.00 bits per heavy atom. The number of halogens is 3. The fourth-order valence-electron chi connectivity index (χ4n) is 2.23. The number of nitrogens with zero attached hydrogens (tertiary/aromatic N) is 2. The first kappa shape index (κ1) is 18.2. The van der Waals surface area contributed by atoms with Crippen molar-refractivity contribution in [3.05, 3.63) is 52.3 Å². The van der Waals surface area contributed by atoms with E-state index in [9.17, 15) is 26.4 Å². The highest BCUT2D eigenvalue weighted by Crippen LogP contribution is 2.31. The number of carbonyl (C=O) groups is 1. The van der Waals surface area contributed by atoms with Crippen molar-refractivity contribution in [3.63, 3.8) is 0 Å². The number of aryl methyl sites for hydroxylation is 2. The van der Waals surface area contributed by atoms with Gasteiger partial charge in [0.25, 0.3) is 0 Å². The quantitative estimate of drug-likeness (QED) is 0.657. The molecule has 0 fully saturated rings. The van der Waals surface area contributed by atoms with Gasteiger partial charge in [-0.25, -0.2) is 8.42 Å². The van der Waals surface area contributed by atoms with E-state index in [1.807, 2.05) is 0 Å². The summed E-state index contributed by atoms with van der Waals surface area (Å²) >= 11 is 0. The number of thiol groups is 1. The third kappa shape index (κ3) is 3.84. The topological polar surface area (TPSA) is 69.0 Å². The van der Waals surface area contributed by atoms with Gasteiger partial charge in [-0.05, 0) is 31.5 Å². The number of benzene rings is 1. The molecule has 1 heterocycles. The molecule has 0 aliphatic heterocycles. The highest BCUT2D eigenvalue weighted by Gasteiger charge is 2.32. The van der Waals surface area contributed by atoms with E-state index in [0.717, 1.165) is 12.1 Å². The molecule has 9 heteroatoms. The molecular formula is C15H14F3N2O3S. The molecule has 1 radical (unpaired) electrons. The van der Waals surface area contributed by atoms with Crippen LogP contribution in [0.1, 0.15) is 39.7 Å². The maximum atomic E-state index is 12.8. The molecule has 0 saturated carbocycles. The van der Waals surface area contributed by atoms with E-state index in [2.05, 4.69) is 11.3 Å². The van der Waals surface area contributed by atoms with Crippen LogP contribution in [0.2, 0.25) is 0 Å². The van der Waals surface area contributed by atoms with Gasteiger partial charge in [0.05, 0.1) is 28.8 Å². The number of ketones is 1. The Morgan fingerprint density at radius 1 is 1.33 bits per heavy atom. The highest BCUT2D eigenvalue weighted by atomic mass is 32.2. The van der Waals surface area contributed by atoms with Gasteiger partial charge < -0.3 is 0 Å². The van der Waals surface area contributed by atoms with Crippen molar-refractivity contribution in [1.82, 2.24) is 9.78 Å². The molecule has 0 amide bonds. The van der Waals surface area contributed by atoms with E-state index in [1.165, 1.54) is 4.68 Å². The summed E-state index contributed by atoms with van der Waals surface area (Å²) in [6.45, 7) is 3.84. The van der Waals surface area contributed by atoms with Crippen molar-refractivity contribution >= 4 is 16.5 Å². The smallest absolute Gasteiger partial charge is 0.288 e. The third-order valence-electron chi connectivity index (χ3n) is 3.38. The summed E-state index contributed by atoms with van der Waals surface area (Å²) < 4.78 is 61.8. The summed E-state index contributed by atoms with van der Waals surface area (Å²) in [5, 5.41) is 4.06. The van der Waals surface area contributed by atoms with Crippen LogP contribution < -0.4 is 0 Å². The second-order valence-corrected chi connectivity index (χ2v) is 6.06. The Kier molecular flexibility index (Phi) is 5.12. The van der Waals surface area contributed by atoms with Crippen LogP contribution in [0.5, 0.6) is 0 Å². The predicted molar refractivity (Wildman–Crippen MR) is 80.4 cm³/mol. The minimum Gasteiger partial charge on any atom is -0.288 e. The average molecular weight is 359 g/mol. The number of alkyl halides is 3. The molecule has 1 aromatic heterocycles. The maximum absolute atomic E-state index is 12.8. The summed E-state index contributed by atoms with van der Waals surface area (Å²) in [5.74, 6) is -1.26. The Morgan fingerprint density at radius 3 is 2.50 bits per heavy atom. The molecule has 0 atom stereocenters. The SMILES string of the molecule is CCn1[c]c(C(=O)c2ccc(C(F)(F)F)cc2C[SH](=O)=O)c(C)n1. The number of rotatable bonds is 5. The summed E-state index contributed by atoms with van der Waals surface area (Å²) in [7, 11) is -2.99. The van der Waals surface area contributed by atoms with E-state index in [0.29, 0.717) is 18.3 Å². The molecule has 0 bridgehead atoms. The van der Waals surface area contributed by atoms with Crippen molar-refractivity contribution < 1.29 is 26.4 Å². The zero-order valence-electron chi connectivity index (χ0n) is 12.8. The van der Waals surface area contributed by atoms with Gasteiger partial charge in [0.2, 0.25) is 0 Å². The predicted octanol–water partition coefficient (Wildman–Crippen LogP) is 2.37. The fourth-order valence-corrected chi connectivity index (χ4v) is 2.77. The summed E-state index contributed by atoms with van der Waals surface area (Å²) in [5.41, 5.74) is -0.811. The molecule has 0 aliphatic rings. The van der Waals surface area contributed by atoms with E-state index in [-0.39, 0.29) is 16.7 Å². The average Bonchev–Trinajstić information content (AvgIpc) is 2.86. The number of carbonyl (C=O) groups excluding carboxylic acids is 1. The molecule has 1 aromatic carbocycles. The molecule has 2 aromatic rings. The van der Waals surface area contributed by atoms with E-state index in [4.69, 9.17) is 0 Å². The van der Waals surface area contributed by atoms with Crippen LogP contribution in [-0.4, -0.2) is 24.0 Å². The second-order valence-electron chi connectivity index (χ2n) is 5.08. The van der Waals surface area contributed by atoms with Crippen LogP contribution in [-0.2, 0) is 29.2 Å². The monoisotopic (exact) mass is 359 g/mol. The standard InChI is InChI=1S/C15H14F3N2O3S/c1-3-20-7-13(9(2)19-20)14(21)12-5-4-11(15(16,17)18)6-10(12)8-24(22)23/h4-6,24H,3,8H2,1-2H3. The molecule has 24 heavy (non-hydrogen) atoms. The molecular weight excluding hydrogens is 345 g/mol. The summed E-state index contributed by atoms with van der Waals surface area (Å²) in [4.78, 5) is 12.6. The first-order chi connectivity index (χ1) is 11.1. The number of aromatic nitrogens is 2. The zero-order chi connectivity index (χ0) is 18.1. The molecule has 0 aliphatic carbocycles. The Hall–Kier alpha value is -2.16. The van der Waals surface area contributed by atoms with Gasteiger partial charge in [-0.2, -0.15) is 18.3 Å². The Balaban J connectivity index is 2.55. The van der Waals surface area contributed by atoms with Crippen LogP contribution >= 0.6 is 0 Å². The van der Waals surface area contributed by atoms with E-state index in [1.54, 1.807) is 13.8 Å². The van der Waals surface area contributed by atoms with Gasteiger partial charge >= 0.3 is 6.18 Å². The van der Waals surface area contributed by atoms with Crippen molar-refractivity contribution in [2.24, 2.45) is 0 Å². The number of hydrogen-bond donors (Lipinski definition) is 1. The lowest BCUT2D eigenvalue weighted by Gasteiger charge is -2.11. The van der Waals surface area contributed by atoms with Crippen molar-refractivity contribution in [2.75, 3.05) is 0 Å². The maximum Gasteiger partial charge on any atom is 0.416 e. The minimum absolute atomic E-state index is 0.0998. The van der Waals surface area contributed by atoms with Gasteiger partial charge in [-0.15, -0.1) is 0 Å². The fraction of sp³-hybridized carbons (Fsp3) is 0.333. The van der Waals surface area contributed by atoms with Crippen LogP contribution in [0.4, 0.5) is 13.2 Å². The van der Waals surface area contributed by atoms with Crippen molar-refractivity contribution in [3.8, 4) is 0 Å². The van der Waals surface area contributed by atoms with Crippen LogP contribution in [0.3, 0.4) is 0 Å². The van der Waals surface area contributed by atoms with Gasteiger partial charge in [0.15, 0.2) is 5.78 Å². The largest absolute Gasteiger partial charge is 0.416 e. The lowest BCUT2D eigenvalue weighted by atomic mass is 9.97. The molecule has 0 spiro atoms. The first-order valence-corrected chi connectivity index (χ1v) is 8.33. The van der Waals surface area contributed by atoms with Crippen LogP contribution in [0, 0.1) is 13.1 Å². The van der Waals surface area contributed by atoms with Crippen LogP contribution in [0.15, 0.2) is 18.2 Å². The first-order valence-electron chi connectivity index (χ1n) is 6.96. The summed E-state index contributed by atoms with van der Waals surface area (Å²) in [6.07, 6.45) is -1.89. The molecule has 0 N–H and O–H groups in total. The highest BCUT2D eigenvalue weighted by molar-refractivity contribution is 7.71. The lowest BCUT2D eigenvalue weighted by molar-refractivity contribution is -0.137. The molecule has 2 rings (SSSR count). The van der Waals surface area contributed by atoms with Crippen molar-refractivity contribution in [1.29, 1.82) is 0 Å². The Bertz CT molecular complexity index is 846. The summed E-state index contributed by atoms with van der Waals surface area (Å²) in [6, 6.07) is 2.45. The molecule has 0 saturated heterocycles. The number of hydrogen-bond acceptors (Lipinski definition) is 4. The van der Waals surface area contributed by atoms with Gasteiger partial charge in [-0.1, -0.05) is 6.07 Å². The minimum atomic E-state index is -4.63. The molecule has 5 nitrogen and oxygen atoms in total. The van der Waals surface area contributed by atoms with E-state index < -0.39 is 34.0 Å². The molecule has 129 valence electrons. The lowest BCUT2D eigenvalue weighted by Crippen LogP contribution is -2.11. The van der Waals surface area contributed by atoms with Crippen LogP contribution in [0.25, 0.3) is 0 Å². The second kappa shape index (κ2) is 6.76. The van der Waals surface area contributed by atoms with Gasteiger partial charge in [0, 0.05) is 12.1 Å².